The maximum absolute atomic E-state index is 14.1. The van der Waals surface area contributed by atoms with Gasteiger partial charge in [-0.1, -0.05) is 83.9 Å². The summed E-state index contributed by atoms with van der Waals surface area (Å²) in [6.45, 7) is 2.76. The Balaban J connectivity index is 1.12. The summed E-state index contributed by atoms with van der Waals surface area (Å²) in [5.74, 6) is -1.64. The van der Waals surface area contributed by atoms with E-state index in [9.17, 15) is 40.2 Å². The predicted octanol–water partition coefficient (Wildman–Crippen LogP) is 6.90. The van der Waals surface area contributed by atoms with Crippen LogP contribution in [-0.2, 0) is 23.7 Å². The number of aromatic nitrogens is 4. The molecule has 6 aliphatic rings. The maximum Gasteiger partial charge on any atom is 0.338 e. The number of H-pyrrole nitrogens is 2. The average molecular weight is 1040 g/mol. The van der Waals surface area contributed by atoms with E-state index in [1.54, 1.807) is 36.4 Å². The van der Waals surface area contributed by atoms with Crippen LogP contribution in [-0.4, -0.2) is 137 Å². The average Bonchev–Trinajstić information content (AvgIpc) is 4.37. The summed E-state index contributed by atoms with van der Waals surface area (Å²) in [6.07, 6.45) is -10.1. The molecule has 0 saturated carbocycles. The number of fused-ring (bicyclic) bond motifs is 4. The third-order valence-corrected chi connectivity index (χ3v) is 14.6. The number of carbonyl (C=O) groups is 2. The number of rotatable bonds is 2. The predicted molar refractivity (Wildman–Crippen MR) is 285 cm³/mol. The molecule has 10 atom stereocenters. The van der Waals surface area contributed by atoms with Gasteiger partial charge in [0, 0.05) is 44.3 Å². The van der Waals surface area contributed by atoms with Gasteiger partial charge in [-0.2, -0.15) is 0 Å². The van der Waals surface area contributed by atoms with Gasteiger partial charge in [-0.05, 0) is 109 Å². The minimum absolute atomic E-state index is 0.120. The molecule has 77 heavy (non-hydrogen) atoms. The van der Waals surface area contributed by atoms with Crippen LogP contribution < -0.4 is 0 Å². The largest absolute Gasteiger partial charge is 0.459 e. The van der Waals surface area contributed by atoms with Gasteiger partial charge in [-0.15, -0.1) is 0 Å². The molecule has 6 aliphatic heterocycles. The van der Waals surface area contributed by atoms with Crippen molar-refractivity contribution in [1.29, 1.82) is 0 Å². The van der Waals surface area contributed by atoms with Crippen molar-refractivity contribution >= 4 is 58.3 Å². The molecule has 17 heteroatoms. The van der Waals surface area contributed by atoms with Gasteiger partial charge in [0.25, 0.3) is 0 Å². The fourth-order valence-corrected chi connectivity index (χ4v) is 10.4. The Morgan fingerprint density at radius 3 is 1.10 bits per heavy atom. The molecule has 0 aliphatic carbocycles. The zero-order valence-corrected chi connectivity index (χ0v) is 41.5. The van der Waals surface area contributed by atoms with Crippen LogP contribution >= 0.6 is 0 Å². The van der Waals surface area contributed by atoms with Crippen LogP contribution in [0.2, 0.25) is 0 Å². The lowest BCUT2D eigenvalue weighted by Gasteiger charge is -2.44. The van der Waals surface area contributed by atoms with Crippen molar-refractivity contribution < 1.29 is 63.9 Å². The van der Waals surface area contributed by atoms with Crippen molar-refractivity contribution in [1.82, 2.24) is 19.9 Å². The first-order valence-electron chi connectivity index (χ1n) is 25.2. The Morgan fingerprint density at radius 2 is 0.740 bits per heavy atom. The van der Waals surface area contributed by atoms with Crippen molar-refractivity contribution in [3.8, 4) is 44.5 Å². The van der Waals surface area contributed by atoms with E-state index < -0.39 is 86.6 Å². The molecule has 7 aromatic rings. The van der Waals surface area contributed by atoms with Crippen LogP contribution in [0.15, 0.2) is 121 Å². The van der Waals surface area contributed by atoms with E-state index in [0.717, 1.165) is 44.4 Å². The lowest BCUT2D eigenvalue weighted by atomic mass is 9.98. The van der Waals surface area contributed by atoms with Crippen LogP contribution in [0.5, 0.6) is 0 Å². The molecule has 2 saturated heterocycles. The van der Waals surface area contributed by atoms with Crippen molar-refractivity contribution in [2.75, 3.05) is 13.2 Å². The van der Waals surface area contributed by atoms with Gasteiger partial charge in [-0.3, -0.25) is 0 Å². The summed E-state index contributed by atoms with van der Waals surface area (Å²) in [7, 11) is 0. The highest BCUT2D eigenvalue weighted by Gasteiger charge is 2.50. The minimum Gasteiger partial charge on any atom is -0.459 e. The van der Waals surface area contributed by atoms with Crippen LogP contribution in [0.4, 0.5) is 0 Å². The van der Waals surface area contributed by atoms with Crippen LogP contribution in [0.1, 0.15) is 54.6 Å². The SMILES string of the molecule is Cc1ccc(-c2c3nc(c4c5ccc([nH]5)c(-c5ccc(C)cc5)c5nc(c(c6ccc2[nH]6)-c2cccc(c2)C(=O)OC[C@H]2O[C@H](O[C@H]6O[C@H](COC(=O)c7cccc-4c7)[C@@H](O)[C@H](O)[C@H]6O)[C@H](O)[C@@H](O)[C@@H]2O)C=C5)C=C3)cc1. The summed E-state index contributed by atoms with van der Waals surface area (Å²) in [4.78, 5) is 46.3. The van der Waals surface area contributed by atoms with Gasteiger partial charge in [0.05, 0.1) is 33.9 Å². The molecule has 0 radical (unpaired) electrons. The molecule has 0 unspecified atom stereocenters. The topological polar surface area (TPSA) is 259 Å². The van der Waals surface area contributed by atoms with Crippen LogP contribution in [0, 0.1) is 13.8 Å². The number of benzene rings is 4. The Bertz CT molecular complexity index is 3460. The summed E-state index contributed by atoms with van der Waals surface area (Å²) >= 11 is 0. The summed E-state index contributed by atoms with van der Waals surface area (Å²) in [5.41, 5.74) is 13.5. The second-order valence-electron chi connectivity index (χ2n) is 19.8. The Labute approximate surface area is 440 Å². The highest BCUT2D eigenvalue weighted by molar-refractivity contribution is 6.01. The third kappa shape index (κ3) is 9.37. The third-order valence-electron chi connectivity index (χ3n) is 14.6. The number of aliphatic hydroxyl groups excluding tert-OH is 6. The molecule has 0 spiro atoms. The molecule has 13 rings (SSSR count). The van der Waals surface area contributed by atoms with Gasteiger partial charge in [0.15, 0.2) is 12.6 Å². The molecule has 390 valence electrons. The minimum atomic E-state index is -1.93. The fourth-order valence-electron chi connectivity index (χ4n) is 10.4. The molecule has 0 amide bonds. The Kier molecular flexibility index (Phi) is 13.1. The van der Waals surface area contributed by atoms with Crippen molar-refractivity contribution in [3.63, 3.8) is 0 Å². The zero-order chi connectivity index (χ0) is 53.2. The molecule has 18 bridgehead atoms. The first-order chi connectivity index (χ1) is 37.3. The number of hydrogen-bond acceptors (Lipinski definition) is 15. The quantitative estimate of drug-likeness (QED) is 0.0820. The summed E-state index contributed by atoms with van der Waals surface area (Å²) in [6, 6.07) is 37.8. The molecule has 8 N–H and O–H groups in total. The number of nitrogens with one attached hydrogen (secondary N) is 2. The molecule has 3 aromatic heterocycles. The van der Waals surface area contributed by atoms with Gasteiger partial charge in [0.1, 0.15) is 62.0 Å². The Hall–Kier alpha value is -7.94. The van der Waals surface area contributed by atoms with E-state index >= 15 is 0 Å². The summed E-state index contributed by atoms with van der Waals surface area (Å²) < 4.78 is 28.9. The van der Waals surface area contributed by atoms with E-state index in [-0.39, 0.29) is 11.1 Å². The van der Waals surface area contributed by atoms with E-state index in [0.29, 0.717) is 56.1 Å². The number of aryl methyl sites for hydroxylation is 2. The number of esters is 2. The Morgan fingerprint density at radius 1 is 0.403 bits per heavy atom. The number of aliphatic hydroxyl groups is 6. The number of carbonyl (C=O) groups excluding carboxylic acids is 2. The molecular weight excluding hydrogens is 985 g/mol. The number of aromatic amines is 2. The van der Waals surface area contributed by atoms with E-state index in [1.165, 1.54) is 0 Å². The normalized spacial score (nSPS) is 25.3. The van der Waals surface area contributed by atoms with Crippen molar-refractivity contribution in [3.05, 3.63) is 166 Å². The monoisotopic (exact) mass is 1040 g/mol. The standard InChI is InChI=1S/C60H52N4O13/c1-29-9-13-31(14-10-29)47-37-17-21-41(61-37)49-33-5-3-7-35(25-33)57(71)73-27-45-51(65)53(67)55(69)59(75-45)77-60-56(70)54(68)52(66)46(76-60)28-74-58(72)36-8-4-6-34(26-36)50(42-22-18-38(47)62-42)44-24-20-40(64-44)48(39-19-23-43(49)63-39)32-15-11-30(2)12-16-32/h3-26,45-46,51-56,59-61,64-70H,27-28H2,1-2H3/t45-,46-,51-,52-,53+,54+,55-,56-,59-,60-/m1/s1. The van der Waals surface area contributed by atoms with E-state index in [2.05, 4.69) is 9.97 Å². The van der Waals surface area contributed by atoms with Crippen molar-refractivity contribution in [2.24, 2.45) is 0 Å². The van der Waals surface area contributed by atoms with Crippen LogP contribution in [0.25, 0.3) is 90.9 Å². The van der Waals surface area contributed by atoms with Gasteiger partial charge >= 0.3 is 11.9 Å². The van der Waals surface area contributed by atoms with Gasteiger partial charge < -0.3 is 64.3 Å². The highest BCUT2D eigenvalue weighted by atomic mass is 16.8. The smallest absolute Gasteiger partial charge is 0.338 e. The lowest BCUT2D eigenvalue weighted by molar-refractivity contribution is -0.376. The van der Waals surface area contributed by atoms with Crippen molar-refractivity contribution in [2.45, 2.75) is 75.3 Å². The second kappa shape index (κ2) is 20.2. The maximum atomic E-state index is 14.1. The molecule has 4 aromatic carbocycles. The molecule has 9 heterocycles. The lowest BCUT2D eigenvalue weighted by Crippen LogP contribution is -2.64. The second-order valence-corrected chi connectivity index (χ2v) is 19.8. The van der Waals surface area contributed by atoms with Gasteiger partial charge in [-0.25, -0.2) is 19.6 Å². The van der Waals surface area contributed by atoms with Crippen LogP contribution in [0.3, 0.4) is 0 Å². The number of nitrogens with zero attached hydrogens (tertiary/aromatic N) is 2. The fraction of sp³-hybridized carbons (Fsp3) is 0.233. The van der Waals surface area contributed by atoms with E-state index in [4.69, 9.17) is 33.7 Å². The van der Waals surface area contributed by atoms with E-state index in [1.807, 2.05) is 123 Å². The number of ether oxygens (including phenoxy) is 5. The zero-order valence-electron chi connectivity index (χ0n) is 41.5. The molecule has 2 fully saturated rings. The molecule has 17 nitrogen and oxygen atoms in total. The number of hydrogen-bond donors (Lipinski definition) is 8. The molecular formula is C60H52N4O13. The highest BCUT2D eigenvalue weighted by Crippen LogP contribution is 2.40. The first kappa shape index (κ1) is 49.9. The first-order valence-corrected chi connectivity index (χ1v) is 25.2. The van der Waals surface area contributed by atoms with Gasteiger partial charge in [0.2, 0.25) is 0 Å². The summed E-state index contributed by atoms with van der Waals surface area (Å²) in [5, 5.41) is 66.1.